The molecule has 0 heteroatoms. The van der Waals surface area contributed by atoms with E-state index in [0.717, 1.165) is 0 Å². The van der Waals surface area contributed by atoms with Crippen LogP contribution in [0.5, 0.6) is 0 Å². The van der Waals surface area contributed by atoms with Crippen LogP contribution in [0.1, 0.15) is 45.2 Å². The molecule has 6 aromatic rings. The minimum atomic E-state index is 0.503. The molecule has 2 unspecified atom stereocenters. The predicted octanol–water partition coefficient (Wildman–Crippen LogP) is 8.91. The van der Waals surface area contributed by atoms with E-state index < -0.39 is 0 Å². The van der Waals surface area contributed by atoms with Crippen molar-refractivity contribution >= 4 is 44.5 Å². The molecule has 8 rings (SSSR count). The highest BCUT2D eigenvalue weighted by Gasteiger charge is 2.45. The third-order valence-electron chi connectivity index (χ3n) is 8.01. The van der Waals surface area contributed by atoms with Gasteiger partial charge in [-0.25, -0.2) is 0 Å². The van der Waals surface area contributed by atoms with E-state index >= 15 is 0 Å². The van der Waals surface area contributed by atoms with E-state index in [-0.39, 0.29) is 0 Å². The maximum atomic E-state index is 2.42. The van der Waals surface area contributed by atoms with E-state index in [1.54, 1.807) is 0 Å². The van der Waals surface area contributed by atoms with Gasteiger partial charge in [0.25, 0.3) is 0 Å². The smallest absolute Gasteiger partial charge is 0.0208 e. The third-order valence-corrected chi connectivity index (χ3v) is 8.01. The van der Waals surface area contributed by atoms with Crippen LogP contribution in [-0.2, 0) is 0 Å². The van der Waals surface area contributed by atoms with Crippen LogP contribution in [0.2, 0.25) is 0 Å². The molecule has 0 spiro atoms. The van der Waals surface area contributed by atoms with Crippen molar-refractivity contribution in [3.63, 3.8) is 0 Å². The summed E-state index contributed by atoms with van der Waals surface area (Å²) in [5, 5.41) is 8.04. The molecule has 0 fully saturated rings. The Bertz CT molecular complexity index is 1760. The summed E-state index contributed by atoms with van der Waals surface area (Å²) in [6, 6.07) is 40.4. The van der Waals surface area contributed by atoms with Crippen molar-refractivity contribution in [2.45, 2.75) is 11.8 Å². The van der Waals surface area contributed by atoms with Crippen LogP contribution in [0, 0.1) is 0 Å². The molecule has 0 heterocycles. The lowest BCUT2D eigenvalue weighted by atomic mass is 9.66. The van der Waals surface area contributed by atoms with Gasteiger partial charge in [0.1, 0.15) is 0 Å². The van der Waals surface area contributed by atoms with Gasteiger partial charge in [-0.2, -0.15) is 0 Å². The Hall–Kier alpha value is -4.16. The van der Waals surface area contributed by atoms with E-state index in [2.05, 4.69) is 121 Å². The zero-order chi connectivity index (χ0) is 22.2. The van der Waals surface area contributed by atoms with Gasteiger partial charge >= 0.3 is 0 Å². The largest absolute Gasteiger partial charge is 0.0616 e. The topological polar surface area (TPSA) is 0 Å². The van der Waals surface area contributed by atoms with Gasteiger partial charge in [-0.05, 0) is 71.8 Å². The third kappa shape index (κ3) is 2.38. The van der Waals surface area contributed by atoms with Crippen LogP contribution in [0.4, 0.5) is 0 Å². The lowest BCUT2D eigenvalue weighted by molar-refractivity contribution is 0.636. The first-order valence-corrected chi connectivity index (χ1v) is 12.1. The average molecular weight is 431 g/mol. The highest BCUT2D eigenvalue weighted by Crippen LogP contribution is 2.61. The molecule has 0 bridgehead atoms. The maximum absolute atomic E-state index is 2.42. The second-order valence-corrected chi connectivity index (χ2v) is 9.70. The quantitative estimate of drug-likeness (QED) is 0.190. The molecular weight excluding hydrogens is 408 g/mol. The molecule has 0 saturated heterocycles. The van der Waals surface area contributed by atoms with Gasteiger partial charge in [0.2, 0.25) is 0 Å². The first kappa shape index (κ1) is 18.3. The number of rotatable bonds is 2. The zero-order valence-electron chi connectivity index (χ0n) is 18.7. The Morgan fingerprint density at radius 1 is 0.441 bits per heavy atom. The van der Waals surface area contributed by atoms with Crippen molar-refractivity contribution in [1.29, 1.82) is 0 Å². The highest BCUT2D eigenvalue weighted by molar-refractivity contribution is 6.08. The number of fused-ring (bicyclic) bond motifs is 8. The highest BCUT2D eigenvalue weighted by atomic mass is 14.5. The van der Waals surface area contributed by atoms with Crippen LogP contribution in [0.15, 0.2) is 109 Å². The molecule has 0 aromatic heterocycles. The van der Waals surface area contributed by atoms with Crippen molar-refractivity contribution < 1.29 is 0 Å². The Labute approximate surface area is 198 Å². The van der Waals surface area contributed by atoms with E-state index in [9.17, 15) is 0 Å². The second-order valence-electron chi connectivity index (χ2n) is 9.70. The first-order chi connectivity index (χ1) is 16.9. The van der Waals surface area contributed by atoms with E-state index in [1.807, 2.05) is 0 Å². The molecule has 2 aliphatic carbocycles. The fourth-order valence-electron chi connectivity index (χ4n) is 6.53. The van der Waals surface area contributed by atoms with E-state index in [1.165, 1.54) is 65.7 Å². The molecule has 0 saturated carbocycles. The molecule has 6 aromatic carbocycles. The van der Waals surface area contributed by atoms with Gasteiger partial charge in [0, 0.05) is 11.8 Å². The standard InChI is InChI=1S/C34H22/c1-3-11-25-23(7-1)20-24-8-2-4-12-26(24)27(25)17-15-21-16-18-28-31(19-21)34-30-14-6-10-22-9-5-13-29(32(22)30)33(28)34/h1-20,33-34H/b17-15+. The molecule has 0 N–H and O–H groups in total. The van der Waals surface area contributed by atoms with Crippen molar-refractivity contribution in [2.75, 3.05) is 0 Å². The van der Waals surface area contributed by atoms with Crippen LogP contribution in [-0.4, -0.2) is 0 Å². The lowest BCUT2D eigenvalue weighted by Gasteiger charge is -2.36. The van der Waals surface area contributed by atoms with Gasteiger partial charge < -0.3 is 0 Å². The Morgan fingerprint density at radius 3 is 1.76 bits per heavy atom. The number of hydrogen-bond donors (Lipinski definition) is 0. The molecule has 0 aliphatic heterocycles. The maximum Gasteiger partial charge on any atom is 0.0208 e. The summed E-state index contributed by atoms with van der Waals surface area (Å²) in [5.41, 5.74) is 8.59. The van der Waals surface area contributed by atoms with Crippen molar-refractivity contribution in [2.24, 2.45) is 0 Å². The normalized spacial score (nSPS) is 17.9. The Morgan fingerprint density at radius 2 is 1.06 bits per heavy atom. The summed E-state index contributed by atoms with van der Waals surface area (Å²) in [6.07, 6.45) is 4.61. The Kier molecular flexibility index (Phi) is 3.59. The van der Waals surface area contributed by atoms with Crippen LogP contribution < -0.4 is 0 Å². The minimum Gasteiger partial charge on any atom is -0.0616 e. The molecule has 34 heavy (non-hydrogen) atoms. The fourth-order valence-corrected chi connectivity index (χ4v) is 6.53. The second kappa shape index (κ2) is 6.68. The van der Waals surface area contributed by atoms with Gasteiger partial charge in [-0.1, -0.05) is 115 Å². The number of benzene rings is 6. The van der Waals surface area contributed by atoms with Crippen molar-refractivity contribution in [1.82, 2.24) is 0 Å². The molecule has 158 valence electrons. The predicted molar refractivity (Wildman–Crippen MR) is 144 cm³/mol. The van der Waals surface area contributed by atoms with Crippen molar-refractivity contribution in [3.8, 4) is 0 Å². The molecule has 2 aliphatic rings. The lowest BCUT2D eigenvalue weighted by Crippen LogP contribution is -2.22. The summed E-state index contributed by atoms with van der Waals surface area (Å²) < 4.78 is 0. The van der Waals surface area contributed by atoms with E-state index in [4.69, 9.17) is 0 Å². The Balaban J connectivity index is 1.25. The molecular formula is C34H22. The monoisotopic (exact) mass is 430 g/mol. The molecule has 0 nitrogen and oxygen atoms in total. The van der Waals surface area contributed by atoms with Gasteiger partial charge in [0.15, 0.2) is 0 Å². The summed E-state index contributed by atoms with van der Waals surface area (Å²) in [6.45, 7) is 0. The SMILES string of the molecule is C(=C\c1c2ccccc2cc2ccccc12)/c1ccc2c(c1)C1c3cccc4cccc(c34)C21. The summed E-state index contributed by atoms with van der Waals surface area (Å²) >= 11 is 0. The zero-order valence-corrected chi connectivity index (χ0v) is 18.7. The van der Waals surface area contributed by atoms with Crippen LogP contribution in [0.25, 0.3) is 44.5 Å². The number of hydrogen-bond acceptors (Lipinski definition) is 0. The average Bonchev–Trinajstić information content (AvgIpc) is 3.16. The van der Waals surface area contributed by atoms with Crippen molar-refractivity contribution in [3.05, 3.63) is 143 Å². The molecule has 0 radical (unpaired) electrons. The van der Waals surface area contributed by atoms with Crippen LogP contribution >= 0.6 is 0 Å². The molecule has 2 atom stereocenters. The fraction of sp³-hybridized carbons (Fsp3) is 0.0588. The minimum absolute atomic E-state index is 0.503. The van der Waals surface area contributed by atoms with Gasteiger partial charge in [-0.3, -0.25) is 0 Å². The molecule has 0 amide bonds. The van der Waals surface area contributed by atoms with E-state index in [0.29, 0.717) is 11.8 Å². The van der Waals surface area contributed by atoms with Gasteiger partial charge in [0.05, 0.1) is 0 Å². The summed E-state index contributed by atoms with van der Waals surface area (Å²) in [7, 11) is 0. The van der Waals surface area contributed by atoms with Gasteiger partial charge in [-0.15, -0.1) is 0 Å². The van der Waals surface area contributed by atoms with Crippen LogP contribution in [0.3, 0.4) is 0 Å². The summed E-state index contributed by atoms with van der Waals surface area (Å²) in [5.74, 6) is 1.03. The first-order valence-electron chi connectivity index (χ1n) is 12.1. The summed E-state index contributed by atoms with van der Waals surface area (Å²) in [4.78, 5) is 0.